The number of carbonyl (C=O) groups is 1. The van der Waals surface area contributed by atoms with Gasteiger partial charge in [-0.15, -0.1) is 0 Å². The summed E-state index contributed by atoms with van der Waals surface area (Å²) in [4.78, 5) is 18.2. The fraction of sp³-hybridized carbons (Fsp3) is 0.222. The Morgan fingerprint density at radius 3 is 2.91 bits per heavy atom. The summed E-state index contributed by atoms with van der Waals surface area (Å²) in [5, 5.41) is 9.89. The first-order chi connectivity index (χ1) is 11.0. The van der Waals surface area contributed by atoms with Gasteiger partial charge in [0, 0.05) is 36.6 Å². The number of anilines is 1. The maximum atomic E-state index is 11.8. The maximum Gasteiger partial charge on any atom is 0.224 e. The molecular weight excluding hydrogens is 290 g/mol. The van der Waals surface area contributed by atoms with E-state index in [1.807, 2.05) is 33.8 Å². The summed E-state index contributed by atoms with van der Waals surface area (Å²) in [5.41, 5.74) is 4.49. The van der Waals surface area contributed by atoms with Gasteiger partial charge in [0.05, 0.1) is 5.69 Å². The molecule has 23 heavy (non-hydrogen) atoms. The van der Waals surface area contributed by atoms with Crippen LogP contribution in [-0.4, -0.2) is 26.4 Å². The molecule has 1 atom stereocenters. The highest BCUT2D eigenvalue weighted by Gasteiger charge is 2.29. The van der Waals surface area contributed by atoms with Crippen molar-refractivity contribution in [3.05, 3.63) is 48.3 Å². The number of pyridine rings is 1. The van der Waals surface area contributed by atoms with Gasteiger partial charge in [-0.05, 0) is 43.2 Å². The lowest BCUT2D eigenvalue weighted by molar-refractivity contribution is -0.116. The molecule has 3 aromatic rings. The average Bonchev–Trinajstić information content (AvgIpc) is 3.07. The second-order valence-electron chi connectivity index (χ2n) is 6.04. The zero-order valence-corrected chi connectivity index (χ0v) is 13.0. The van der Waals surface area contributed by atoms with Crippen LogP contribution >= 0.6 is 0 Å². The summed E-state index contributed by atoms with van der Waals surface area (Å²) in [6, 6.07) is 9.64. The Labute approximate surface area is 133 Å². The molecule has 0 bridgehead atoms. The van der Waals surface area contributed by atoms with Crippen molar-refractivity contribution < 1.29 is 9.90 Å². The Morgan fingerprint density at radius 1 is 1.35 bits per heavy atom. The molecule has 1 unspecified atom stereocenters. The third-order valence-electron chi connectivity index (χ3n) is 4.39. The van der Waals surface area contributed by atoms with Crippen molar-refractivity contribution >= 4 is 17.2 Å². The van der Waals surface area contributed by atoms with Crippen molar-refractivity contribution in [1.82, 2.24) is 9.38 Å². The minimum absolute atomic E-state index is 0.0710. The van der Waals surface area contributed by atoms with E-state index in [2.05, 4.69) is 18.0 Å². The zero-order chi connectivity index (χ0) is 16.1. The first kappa shape index (κ1) is 13.8. The molecule has 1 aliphatic rings. The van der Waals surface area contributed by atoms with Gasteiger partial charge in [0.1, 0.15) is 0 Å². The average molecular weight is 307 g/mol. The van der Waals surface area contributed by atoms with Crippen molar-refractivity contribution in [3.63, 3.8) is 0 Å². The van der Waals surface area contributed by atoms with Crippen LogP contribution in [0, 0.1) is 0 Å². The second kappa shape index (κ2) is 4.84. The van der Waals surface area contributed by atoms with E-state index in [1.165, 1.54) is 0 Å². The fourth-order valence-electron chi connectivity index (χ4n) is 3.41. The molecule has 3 heterocycles. The molecule has 0 aliphatic carbocycles. The molecule has 0 spiro atoms. The van der Waals surface area contributed by atoms with E-state index in [0.29, 0.717) is 5.65 Å². The van der Waals surface area contributed by atoms with Crippen LogP contribution in [0.2, 0.25) is 0 Å². The van der Waals surface area contributed by atoms with Crippen LogP contribution in [0.3, 0.4) is 0 Å². The molecule has 0 fully saturated rings. The first-order valence-corrected chi connectivity index (χ1v) is 7.64. The Hall–Kier alpha value is -2.82. The van der Waals surface area contributed by atoms with Crippen LogP contribution in [0.15, 0.2) is 42.7 Å². The highest BCUT2D eigenvalue weighted by Crippen LogP contribution is 2.35. The van der Waals surface area contributed by atoms with Crippen LogP contribution < -0.4 is 4.90 Å². The molecule has 1 N–H and O–H groups in total. The molecule has 5 nitrogen and oxygen atoms in total. The largest absolute Gasteiger partial charge is 0.504 e. The predicted octanol–water partition coefficient (Wildman–Crippen LogP) is 3.00. The normalized spacial score (nSPS) is 16.8. The predicted molar refractivity (Wildman–Crippen MR) is 88.6 cm³/mol. The van der Waals surface area contributed by atoms with Crippen LogP contribution in [0.5, 0.6) is 5.75 Å². The number of fused-ring (bicyclic) bond motifs is 2. The van der Waals surface area contributed by atoms with E-state index in [0.717, 1.165) is 28.9 Å². The number of aromatic hydroxyl groups is 1. The van der Waals surface area contributed by atoms with Crippen molar-refractivity contribution in [3.8, 4) is 17.0 Å². The summed E-state index contributed by atoms with van der Waals surface area (Å²) < 4.78 is 1.81. The quantitative estimate of drug-likeness (QED) is 0.752. The highest BCUT2D eigenvalue weighted by atomic mass is 16.3. The Kier molecular flexibility index (Phi) is 2.91. The molecular formula is C18H17N3O2. The van der Waals surface area contributed by atoms with E-state index < -0.39 is 0 Å². The van der Waals surface area contributed by atoms with Gasteiger partial charge in [0.15, 0.2) is 11.4 Å². The smallest absolute Gasteiger partial charge is 0.224 e. The van der Waals surface area contributed by atoms with Gasteiger partial charge in [-0.1, -0.05) is 6.07 Å². The number of hydrogen-bond acceptors (Lipinski definition) is 3. The minimum atomic E-state index is 0.0710. The van der Waals surface area contributed by atoms with Crippen molar-refractivity contribution in [2.45, 2.75) is 26.3 Å². The molecule has 0 radical (unpaired) electrons. The molecule has 1 amide bonds. The topological polar surface area (TPSA) is 57.8 Å². The van der Waals surface area contributed by atoms with Crippen molar-refractivity contribution in [2.24, 2.45) is 0 Å². The third kappa shape index (κ3) is 2.08. The lowest BCUT2D eigenvalue weighted by Crippen LogP contribution is -2.33. The van der Waals surface area contributed by atoms with Crippen molar-refractivity contribution in [1.29, 1.82) is 0 Å². The number of rotatable bonds is 1. The third-order valence-corrected chi connectivity index (χ3v) is 4.39. The number of hydrogen-bond donors (Lipinski definition) is 1. The van der Waals surface area contributed by atoms with Gasteiger partial charge < -0.3 is 14.4 Å². The summed E-state index contributed by atoms with van der Waals surface area (Å²) in [5.74, 6) is 0.234. The Morgan fingerprint density at radius 2 is 2.17 bits per heavy atom. The Balaban J connectivity index is 1.80. The van der Waals surface area contributed by atoms with Crippen LogP contribution in [0.4, 0.5) is 5.69 Å². The molecule has 5 heteroatoms. The summed E-state index contributed by atoms with van der Waals surface area (Å²) in [6.45, 7) is 3.66. The summed E-state index contributed by atoms with van der Waals surface area (Å²) in [7, 11) is 0. The Bertz CT molecular complexity index is 929. The first-order valence-electron chi connectivity index (χ1n) is 7.64. The molecule has 0 saturated heterocycles. The number of nitrogens with zero attached hydrogens (tertiary/aromatic N) is 3. The van der Waals surface area contributed by atoms with Crippen molar-refractivity contribution in [2.75, 3.05) is 4.90 Å². The lowest BCUT2D eigenvalue weighted by atomic mass is 10.1. The van der Waals surface area contributed by atoms with E-state index in [-0.39, 0.29) is 17.7 Å². The number of imidazole rings is 1. The standard InChI is InChI=1S/C18H17N3O2/c1-11-8-14-9-13(5-6-16(14)21(11)12(2)22)15-10-20-7-3-4-17(23)18(20)19-15/h3-7,9-11,23H,8H2,1-2H3. The highest BCUT2D eigenvalue weighted by molar-refractivity contribution is 5.95. The van der Waals surface area contributed by atoms with Gasteiger partial charge in [-0.3, -0.25) is 4.79 Å². The molecule has 1 aromatic carbocycles. The van der Waals surface area contributed by atoms with E-state index in [4.69, 9.17) is 0 Å². The number of aromatic nitrogens is 2. The molecule has 116 valence electrons. The van der Waals surface area contributed by atoms with Gasteiger partial charge >= 0.3 is 0 Å². The van der Waals surface area contributed by atoms with Gasteiger partial charge in [0.25, 0.3) is 0 Å². The van der Waals surface area contributed by atoms with Crippen LogP contribution in [-0.2, 0) is 11.2 Å². The summed E-state index contributed by atoms with van der Waals surface area (Å²) >= 11 is 0. The SMILES string of the molecule is CC(=O)N1c2ccc(-c3cn4cccc(O)c4n3)cc2CC1C. The second-order valence-corrected chi connectivity index (χ2v) is 6.04. The van der Waals surface area contributed by atoms with E-state index >= 15 is 0 Å². The molecule has 2 aromatic heterocycles. The van der Waals surface area contributed by atoms with Crippen LogP contribution in [0.25, 0.3) is 16.9 Å². The molecule has 1 aliphatic heterocycles. The van der Waals surface area contributed by atoms with Gasteiger partial charge in [0.2, 0.25) is 5.91 Å². The lowest BCUT2D eigenvalue weighted by Gasteiger charge is -2.20. The number of carbonyl (C=O) groups excluding carboxylic acids is 1. The van der Waals surface area contributed by atoms with E-state index in [9.17, 15) is 9.90 Å². The molecule has 0 saturated carbocycles. The number of amides is 1. The maximum absolute atomic E-state index is 11.8. The van der Waals surface area contributed by atoms with Crippen LogP contribution in [0.1, 0.15) is 19.4 Å². The zero-order valence-electron chi connectivity index (χ0n) is 13.0. The summed E-state index contributed by atoms with van der Waals surface area (Å²) in [6.07, 6.45) is 4.61. The number of benzene rings is 1. The minimum Gasteiger partial charge on any atom is -0.504 e. The monoisotopic (exact) mass is 307 g/mol. The fourth-order valence-corrected chi connectivity index (χ4v) is 3.41. The van der Waals surface area contributed by atoms with Gasteiger partial charge in [-0.25, -0.2) is 4.98 Å². The van der Waals surface area contributed by atoms with E-state index in [1.54, 1.807) is 19.1 Å². The van der Waals surface area contributed by atoms with Gasteiger partial charge in [-0.2, -0.15) is 0 Å². The molecule has 4 rings (SSSR count).